The smallest absolute Gasteiger partial charge is 0.319 e. The molecule has 0 radical (unpaired) electrons. The van der Waals surface area contributed by atoms with Gasteiger partial charge in [-0.1, -0.05) is 23.3 Å². The number of phenols is 1. The summed E-state index contributed by atoms with van der Waals surface area (Å²) in [6.45, 7) is 4.95. The molecule has 1 atom stereocenters. The number of aromatic hydroxyl groups is 1. The molecule has 0 spiro atoms. The van der Waals surface area contributed by atoms with Crippen molar-refractivity contribution in [2.45, 2.75) is 56.2 Å². The topological polar surface area (TPSA) is 95.5 Å². The lowest BCUT2D eigenvalue weighted by Gasteiger charge is -2.23. The van der Waals surface area contributed by atoms with Crippen LogP contribution in [0.3, 0.4) is 0 Å². The van der Waals surface area contributed by atoms with Crippen LogP contribution in [0, 0.1) is 0 Å². The Balaban J connectivity index is 2.25. The molecule has 2 rings (SSSR count). The van der Waals surface area contributed by atoms with E-state index in [1.807, 2.05) is 6.92 Å². The predicted octanol–water partition coefficient (Wildman–Crippen LogP) is 3.85. The number of carbonyl (C=O) groups is 1. The minimum atomic E-state index is -3.80. The van der Waals surface area contributed by atoms with Crippen molar-refractivity contribution in [2.24, 2.45) is 0 Å². The molecule has 2 amide bonds. The number of rotatable bonds is 4. The number of nitrogens with one attached hydrogen (secondary N) is 2. The lowest BCUT2D eigenvalue weighted by molar-refractivity contribution is 0.248. The highest BCUT2D eigenvalue weighted by molar-refractivity contribution is 7.92. The Labute approximate surface area is 153 Å². The second-order valence-corrected chi connectivity index (χ2v) is 9.24. The first-order valence-corrected chi connectivity index (χ1v) is 10.1. The molecular weight excluding hydrogens is 364 g/mol. The van der Waals surface area contributed by atoms with Gasteiger partial charge in [0.2, 0.25) is 0 Å². The number of urea groups is 1. The maximum absolute atomic E-state index is 12.4. The normalized spacial score (nSPS) is 18.0. The average molecular weight is 387 g/mol. The number of amides is 2. The van der Waals surface area contributed by atoms with Crippen LogP contribution in [0.15, 0.2) is 28.7 Å². The third-order valence-electron chi connectivity index (χ3n) is 4.25. The van der Waals surface area contributed by atoms with Gasteiger partial charge in [0.1, 0.15) is 4.90 Å². The van der Waals surface area contributed by atoms with Gasteiger partial charge >= 0.3 is 6.03 Å². The Morgan fingerprint density at radius 3 is 2.64 bits per heavy atom. The molecule has 0 aromatic heterocycles. The largest absolute Gasteiger partial charge is 0.504 e. The number of phenolic OH excluding ortho intramolecular Hbond substituents is 1. The highest BCUT2D eigenvalue weighted by Gasteiger charge is 2.28. The number of hydrogen-bond donors (Lipinski definition) is 3. The van der Waals surface area contributed by atoms with Gasteiger partial charge in [0.15, 0.2) is 15.6 Å². The van der Waals surface area contributed by atoms with E-state index in [0.29, 0.717) is 0 Å². The fourth-order valence-electron chi connectivity index (χ4n) is 2.68. The third-order valence-corrected chi connectivity index (χ3v) is 6.91. The Morgan fingerprint density at radius 1 is 1.36 bits per heavy atom. The number of allylic oxidation sites excluding steroid dienone is 1. The van der Waals surface area contributed by atoms with Crippen LogP contribution in [0.1, 0.15) is 40.0 Å². The minimum absolute atomic E-state index is 0.00133. The Morgan fingerprint density at radius 2 is 2.04 bits per heavy atom. The molecule has 138 valence electrons. The minimum Gasteiger partial charge on any atom is -0.504 e. The highest BCUT2D eigenvalue weighted by atomic mass is 35.5. The molecule has 1 aliphatic carbocycles. The van der Waals surface area contributed by atoms with E-state index < -0.39 is 26.9 Å². The van der Waals surface area contributed by atoms with Crippen LogP contribution in [0.4, 0.5) is 10.5 Å². The number of halogens is 1. The summed E-state index contributed by atoms with van der Waals surface area (Å²) in [6, 6.07) is 2.14. The molecular formula is C17H23ClN2O4S. The zero-order valence-corrected chi connectivity index (χ0v) is 16.0. The standard InChI is InChI=1S/C17H23ClN2O4S/c1-10(2)25(23,24)16-12(18)8-9-14(15(16)21)20-17(22)19-13-7-5-4-6-11(13)3/h6,8-10,13,21H,4-5,7H2,1-3H3,(H2,19,20,22). The molecule has 0 saturated carbocycles. The summed E-state index contributed by atoms with van der Waals surface area (Å²) < 4.78 is 24.8. The average Bonchev–Trinajstić information content (AvgIpc) is 2.52. The van der Waals surface area contributed by atoms with Crippen molar-refractivity contribution in [1.29, 1.82) is 0 Å². The van der Waals surface area contributed by atoms with Crippen molar-refractivity contribution in [1.82, 2.24) is 5.32 Å². The number of hydrogen-bond acceptors (Lipinski definition) is 4. The molecule has 0 fully saturated rings. The first-order chi connectivity index (χ1) is 11.6. The SMILES string of the molecule is CC1=CCCCC1NC(=O)Nc1ccc(Cl)c(S(=O)(=O)C(C)C)c1O. The molecule has 8 heteroatoms. The number of sulfone groups is 1. The maximum atomic E-state index is 12.4. The van der Waals surface area contributed by atoms with Crippen molar-refractivity contribution in [2.75, 3.05) is 5.32 Å². The first kappa shape index (κ1) is 19.6. The van der Waals surface area contributed by atoms with E-state index in [0.717, 1.165) is 24.8 Å². The van der Waals surface area contributed by atoms with Gasteiger partial charge in [0.05, 0.1) is 22.0 Å². The number of anilines is 1. The van der Waals surface area contributed by atoms with E-state index in [1.54, 1.807) is 0 Å². The van der Waals surface area contributed by atoms with Crippen molar-refractivity contribution in [3.63, 3.8) is 0 Å². The highest BCUT2D eigenvalue weighted by Crippen LogP contribution is 2.38. The van der Waals surface area contributed by atoms with Gasteiger partial charge in [0.25, 0.3) is 0 Å². The van der Waals surface area contributed by atoms with Crippen LogP contribution in [0.5, 0.6) is 5.75 Å². The molecule has 0 bridgehead atoms. The van der Waals surface area contributed by atoms with Crippen molar-refractivity contribution in [3.8, 4) is 5.75 Å². The van der Waals surface area contributed by atoms with Gasteiger partial charge in [-0.2, -0.15) is 0 Å². The predicted molar refractivity (Wildman–Crippen MR) is 99.0 cm³/mol. The lowest BCUT2D eigenvalue weighted by Crippen LogP contribution is -2.39. The summed E-state index contributed by atoms with van der Waals surface area (Å²) in [6.07, 6.45) is 4.92. The summed E-state index contributed by atoms with van der Waals surface area (Å²) >= 11 is 5.97. The Kier molecular flexibility index (Phi) is 6.00. The van der Waals surface area contributed by atoms with Crippen molar-refractivity contribution >= 4 is 33.2 Å². The molecule has 1 aliphatic rings. The van der Waals surface area contributed by atoms with Gasteiger partial charge in [-0.15, -0.1) is 0 Å². The zero-order chi connectivity index (χ0) is 18.8. The summed E-state index contributed by atoms with van der Waals surface area (Å²) in [5.41, 5.74) is 1.09. The Hall–Kier alpha value is -1.73. The van der Waals surface area contributed by atoms with Crippen LogP contribution < -0.4 is 10.6 Å². The summed E-state index contributed by atoms with van der Waals surface area (Å²) in [5, 5.41) is 14.8. The molecule has 1 aromatic rings. The number of carbonyl (C=O) groups excluding carboxylic acids is 1. The van der Waals surface area contributed by atoms with Crippen LogP contribution in [0.25, 0.3) is 0 Å². The van der Waals surface area contributed by atoms with Gasteiger partial charge in [-0.25, -0.2) is 13.2 Å². The zero-order valence-electron chi connectivity index (χ0n) is 14.5. The van der Waals surface area contributed by atoms with Crippen molar-refractivity contribution in [3.05, 3.63) is 28.8 Å². The Bertz CT molecular complexity index is 803. The fourth-order valence-corrected chi connectivity index (χ4v) is 4.34. The van der Waals surface area contributed by atoms with Crippen LogP contribution in [-0.4, -0.2) is 30.8 Å². The summed E-state index contributed by atoms with van der Waals surface area (Å²) in [5.74, 6) is -0.549. The molecule has 1 aromatic carbocycles. The monoisotopic (exact) mass is 386 g/mol. The molecule has 25 heavy (non-hydrogen) atoms. The fraction of sp³-hybridized carbons (Fsp3) is 0.471. The van der Waals surface area contributed by atoms with E-state index >= 15 is 0 Å². The summed E-state index contributed by atoms with van der Waals surface area (Å²) in [7, 11) is -3.80. The molecule has 3 N–H and O–H groups in total. The molecule has 1 unspecified atom stereocenters. The lowest BCUT2D eigenvalue weighted by atomic mass is 9.95. The molecule has 0 saturated heterocycles. The van der Waals surface area contributed by atoms with Gasteiger partial charge in [0, 0.05) is 0 Å². The second-order valence-electron chi connectivity index (χ2n) is 6.40. The van der Waals surface area contributed by atoms with Gasteiger partial charge < -0.3 is 15.7 Å². The quantitative estimate of drug-likeness (QED) is 0.541. The van der Waals surface area contributed by atoms with Gasteiger partial charge in [-0.3, -0.25) is 0 Å². The van der Waals surface area contributed by atoms with E-state index in [9.17, 15) is 18.3 Å². The van der Waals surface area contributed by atoms with E-state index in [4.69, 9.17) is 11.6 Å². The van der Waals surface area contributed by atoms with Crippen molar-refractivity contribution < 1.29 is 18.3 Å². The second kappa shape index (κ2) is 7.66. The third kappa shape index (κ3) is 4.27. The molecule has 0 heterocycles. The van der Waals surface area contributed by atoms with E-state index in [1.165, 1.54) is 26.0 Å². The van der Waals surface area contributed by atoms with Crippen LogP contribution in [-0.2, 0) is 9.84 Å². The van der Waals surface area contributed by atoms with Crippen LogP contribution >= 0.6 is 11.6 Å². The van der Waals surface area contributed by atoms with E-state index in [2.05, 4.69) is 16.7 Å². The molecule has 6 nitrogen and oxygen atoms in total. The maximum Gasteiger partial charge on any atom is 0.319 e. The molecule has 0 aliphatic heterocycles. The first-order valence-electron chi connectivity index (χ1n) is 8.14. The van der Waals surface area contributed by atoms with Crippen LogP contribution in [0.2, 0.25) is 5.02 Å². The number of benzene rings is 1. The summed E-state index contributed by atoms with van der Waals surface area (Å²) in [4.78, 5) is 11.9. The van der Waals surface area contributed by atoms with Gasteiger partial charge in [-0.05, 0) is 52.2 Å². The van der Waals surface area contributed by atoms with E-state index in [-0.39, 0.29) is 21.6 Å².